The van der Waals surface area contributed by atoms with Gasteiger partial charge in [0.15, 0.2) is 0 Å². The number of carbonyl (C=O) groups excluding carboxylic acids is 1. The number of hydrogen-bond donors (Lipinski definition) is 0. The first kappa shape index (κ1) is 18.6. The normalized spacial score (nSPS) is 17.7. The molecule has 0 saturated carbocycles. The molecule has 0 aromatic carbocycles. The molecule has 6 nitrogen and oxygen atoms in total. The SMILES string of the molecule is CN(C)CCn1ccnc1C1CCCN(C(=O)CCc2cccnc2)C1. The van der Waals surface area contributed by atoms with Crippen molar-refractivity contribution in [3.8, 4) is 0 Å². The maximum atomic E-state index is 12.7. The number of aromatic nitrogens is 3. The van der Waals surface area contributed by atoms with E-state index in [-0.39, 0.29) is 5.91 Å². The summed E-state index contributed by atoms with van der Waals surface area (Å²) in [6.45, 7) is 3.57. The molecule has 1 unspecified atom stereocenters. The Balaban J connectivity index is 1.57. The number of piperidine rings is 1. The van der Waals surface area contributed by atoms with Crippen LogP contribution in [0.2, 0.25) is 0 Å². The lowest BCUT2D eigenvalue weighted by atomic mass is 9.96. The summed E-state index contributed by atoms with van der Waals surface area (Å²) in [5.74, 6) is 1.70. The van der Waals surface area contributed by atoms with E-state index in [1.54, 1.807) is 6.20 Å². The van der Waals surface area contributed by atoms with Crippen molar-refractivity contribution in [2.45, 2.75) is 38.1 Å². The second-order valence-electron chi connectivity index (χ2n) is 7.32. The molecular weight excluding hydrogens is 326 g/mol. The van der Waals surface area contributed by atoms with Gasteiger partial charge in [0, 0.05) is 63.3 Å². The average molecular weight is 355 g/mol. The van der Waals surface area contributed by atoms with Crippen LogP contribution in [0.15, 0.2) is 36.9 Å². The largest absolute Gasteiger partial charge is 0.342 e. The van der Waals surface area contributed by atoms with E-state index >= 15 is 0 Å². The van der Waals surface area contributed by atoms with Crippen molar-refractivity contribution in [3.05, 3.63) is 48.3 Å². The van der Waals surface area contributed by atoms with E-state index in [1.807, 2.05) is 29.4 Å². The fourth-order valence-corrected chi connectivity index (χ4v) is 3.55. The Hall–Kier alpha value is -2.21. The van der Waals surface area contributed by atoms with Crippen LogP contribution in [0.4, 0.5) is 0 Å². The molecule has 3 rings (SSSR count). The number of imidazole rings is 1. The maximum Gasteiger partial charge on any atom is 0.222 e. The summed E-state index contributed by atoms with van der Waals surface area (Å²) in [5, 5.41) is 0. The highest BCUT2D eigenvalue weighted by Gasteiger charge is 2.27. The van der Waals surface area contributed by atoms with Crippen molar-refractivity contribution in [1.82, 2.24) is 24.3 Å². The van der Waals surface area contributed by atoms with E-state index in [2.05, 4.69) is 39.7 Å². The monoisotopic (exact) mass is 355 g/mol. The number of likely N-dealkylation sites (tertiary alicyclic amines) is 1. The summed E-state index contributed by atoms with van der Waals surface area (Å²) < 4.78 is 2.24. The van der Waals surface area contributed by atoms with Gasteiger partial charge in [0.2, 0.25) is 5.91 Å². The van der Waals surface area contributed by atoms with E-state index in [9.17, 15) is 4.79 Å². The summed E-state index contributed by atoms with van der Waals surface area (Å²) in [6.07, 6.45) is 11.0. The molecule has 2 aromatic rings. The lowest BCUT2D eigenvalue weighted by Gasteiger charge is -2.33. The molecule has 2 aromatic heterocycles. The van der Waals surface area contributed by atoms with Gasteiger partial charge < -0.3 is 14.4 Å². The number of pyridine rings is 1. The van der Waals surface area contributed by atoms with Gasteiger partial charge in [-0.05, 0) is 45.0 Å². The first-order valence-corrected chi connectivity index (χ1v) is 9.46. The van der Waals surface area contributed by atoms with E-state index in [1.165, 1.54) is 0 Å². The molecule has 0 aliphatic carbocycles. The van der Waals surface area contributed by atoms with Gasteiger partial charge in [-0.25, -0.2) is 4.98 Å². The molecule has 1 fully saturated rings. The van der Waals surface area contributed by atoms with Gasteiger partial charge in [0.25, 0.3) is 0 Å². The Morgan fingerprint density at radius 1 is 1.35 bits per heavy atom. The van der Waals surface area contributed by atoms with Crippen LogP contribution in [-0.2, 0) is 17.8 Å². The molecule has 3 heterocycles. The van der Waals surface area contributed by atoms with Crippen molar-refractivity contribution in [1.29, 1.82) is 0 Å². The van der Waals surface area contributed by atoms with Gasteiger partial charge in [0.1, 0.15) is 5.82 Å². The van der Waals surface area contributed by atoms with Crippen LogP contribution >= 0.6 is 0 Å². The number of hydrogen-bond acceptors (Lipinski definition) is 4. The summed E-state index contributed by atoms with van der Waals surface area (Å²) in [6, 6.07) is 3.95. The molecule has 0 spiro atoms. The van der Waals surface area contributed by atoms with E-state index in [0.29, 0.717) is 12.3 Å². The first-order valence-electron chi connectivity index (χ1n) is 9.46. The van der Waals surface area contributed by atoms with Gasteiger partial charge in [-0.15, -0.1) is 0 Å². The number of rotatable bonds is 7. The quantitative estimate of drug-likeness (QED) is 0.764. The fourth-order valence-electron chi connectivity index (χ4n) is 3.55. The van der Waals surface area contributed by atoms with Gasteiger partial charge in [-0.1, -0.05) is 6.07 Å². The Labute approximate surface area is 155 Å². The summed E-state index contributed by atoms with van der Waals surface area (Å²) in [7, 11) is 4.17. The van der Waals surface area contributed by atoms with Crippen LogP contribution in [0, 0.1) is 0 Å². The predicted octanol–water partition coefficient (Wildman–Crippen LogP) is 2.18. The van der Waals surface area contributed by atoms with Gasteiger partial charge in [0.05, 0.1) is 0 Å². The topological polar surface area (TPSA) is 54.3 Å². The fraction of sp³-hybridized carbons (Fsp3) is 0.550. The summed E-state index contributed by atoms with van der Waals surface area (Å²) in [5.41, 5.74) is 1.12. The third-order valence-corrected chi connectivity index (χ3v) is 5.03. The van der Waals surface area contributed by atoms with Crippen molar-refractivity contribution in [3.63, 3.8) is 0 Å². The van der Waals surface area contributed by atoms with Crippen LogP contribution < -0.4 is 0 Å². The van der Waals surface area contributed by atoms with Gasteiger partial charge in [-0.2, -0.15) is 0 Å². The molecule has 1 amide bonds. The maximum absolute atomic E-state index is 12.7. The van der Waals surface area contributed by atoms with Crippen LogP contribution in [0.5, 0.6) is 0 Å². The number of nitrogens with zero attached hydrogens (tertiary/aromatic N) is 5. The molecule has 140 valence electrons. The molecule has 6 heteroatoms. The molecule has 0 radical (unpaired) electrons. The second-order valence-corrected chi connectivity index (χ2v) is 7.32. The molecular formula is C20H29N5O. The Kier molecular flexibility index (Phi) is 6.39. The minimum absolute atomic E-state index is 0.241. The molecule has 1 saturated heterocycles. The number of likely N-dealkylation sites (N-methyl/N-ethyl adjacent to an activating group) is 1. The van der Waals surface area contributed by atoms with Crippen LogP contribution in [-0.4, -0.2) is 64.0 Å². The lowest BCUT2D eigenvalue weighted by Crippen LogP contribution is -2.40. The number of aryl methyl sites for hydroxylation is 1. The highest BCUT2D eigenvalue weighted by Crippen LogP contribution is 2.26. The summed E-state index contributed by atoms with van der Waals surface area (Å²) >= 11 is 0. The first-order chi connectivity index (χ1) is 12.6. The zero-order valence-electron chi connectivity index (χ0n) is 15.8. The Morgan fingerprint density at radius 3 is 3.00 bits per heavy atom. The highest BCUT2D eigenvalue weighted by atomic mass is 16.2. The van der Waals surface area contributed by atoms with Gasteiger partial charge in [-0.3, -0.25) is 9.78 Å². The van der Waals surface area contributed by atoms with E-state index < -0.39 is 0 Å². The molecule has 1 aliphatic rings. The molecule has 0 bridgehead atoms. The van der Waals surface area contributed by atoms with E-state index in [0.717, 1.165) is 56.8 Å². The van der Waals surface area contributed by atoms with E-state index in [4.69, 9.17) is 0 Å². The minimum Gasteiger partial charge on any atom is -0.342 e. The predicted molar refractivity (Wildman–Crippen MR) is 102 cm³/mol. The van der Waals surface area contributed by atoms with Crippen molar-refractivity contribution in [2.24, 2.45) is 0 Å². The van der Waals surface area contributed by atoms with Crippen LogP contribution in [0.1, 0.15) is 36.6 Å². The third kappa shape index (κ3) is 4.91. The van der Waals surface area contributed by atoms with Crippen molar-refractivity contribution in [2.75, 3.05) is 33.7 Å². The average Bonchev–Trinajstić information content (AvgIpc) is 3.14. The lowest BCUT2D eigenvalue weighted by molar-refractivity contribution is -0.132. The standard InChI is InChI=1S/C20H29N5O/c1-23(2)13-14-24-12-10-22-20(24)18-6-4-11-25(16-18)19(26)8-7-17-5-3-9-21-15-17/h3,5,9-10,12,15,18H,4,6-8,11,13-14,16H2,1-2H3. The molecule has 1 aliphatic heterocycles. The molecule has 1 atom stereocenters. The smallest absolute Gasteiger partial charge is 0.222 e. The Bertz CT molecular complexity index is 697. The minimum atomic E-state index is 0.241. The second kappa shape index (κ2) is 8.94. The Morgan fingerprint density at radius 2 is 2.23 bits per heavy atom. The van der Waals surface area contributed by atoms with Gasteiger partial charge >= 0.3 is 0 Å². The molecule has 0 N–H and O–H groups in total. The highest BCUT2D eigenvalue weighted by molar-refractivity contribution is 5.76. The molecule has 26 heavy (non-hydrogen) atoms. The van der Waals surface area contributed by atoms with Crippen LogP contribution in [0.25, 0.3) is 0 Å². The zero-order valence-corrected chi connectivity index (χ0v) is 15.8. The number of amides is 1. The summed E-state index contributed by atoms with van der Waals surface area (Å²) in [4.78, 5) is 25.6. The third-order valence-electron chi connectivity index (χ3n) is 5.03. The van der Waals surface area contributed by atoms with Crippen molar-refractivity contribution >= 4 is 5.91 Å². The van der Waals surface area contributed by atoms with Crippen LogP contribution in [0.3, 0.4) is 0 Å². The number of carbonyl (C=O) groups is 1. The zero-order chi connectivity index (χ0) is 18.4. The van der Waals surface area contributed by atoms with Crippen molar-refractivity contribution < 1.29 is 4.79 Å².